The van der Waals surface area contributed by atoms with Crippen molar-refractivity contribution >= 4 is 33.0 Å². The van der Waals surface area contributed by atoms with Crippen LogP contribution in [0.3, 0.4) is 0 Å². The largest absolute Gasteiger partial charge is 0.483 e. The van der Waals surface area contributed by atoms with Crippen LogP contribution in [-0.4, -0.2) is 60.0 Å². The third-order valence-corrected chi connectivity index (χ3v) is 8.60. The van der Waals surface area contributed by atoms with Gasteiger partial charge in [-0.25, -0.2) is 8.42 Å². The SMILES string of the molecule is CN1C2CCC1CC(CC(=O)c1n[nH]c3ccc(S(=O)(=O)c4ccccc4)cc13)C2.O=CO. The third kappa shape index (κ3) is 4.56. The summed E-state index contributed by atoms with van der Waals surface area (Å²) in [5.41, 5.74) is 1.02. The van der Waals surface area contributed by atoms with Gasteiger partial charge >= 0.3 is 0 Å². The monoisotopic (exact) mass is 469 g/mol. The normalized spacial score (nSPS) is 22.5. The van der Waals surface area contributed by atoms with Crippen LogP contribution in [0.15, 0.2) is 58.3 Å². The number of sulfone groups is 1. The van der Waals surface area contributed by atoms with E-state index in [2.05, 4.69) is 22.1 Å². The smallest absolute Gasteiger partial charge is 0.290 e. The molecule has 33 heavy (non-hydrogen) atoms. The molecule has 0 aliphatic carbocycles. The van der Waals surface area contributed by atoms with Gasteiger partial charge in [-0.05, 0) is 69.0 Å². The minimum Gasteiger partial charge on any atom is -0.483 e. The quantitative estimate of drug-likeness (QED) is 0.433. The van der Waals surface area contributed by atoms with E-state index in [0.29, 0.717) is 41.0 Å². The Bertz CT molecular complexity index is 1240. The summed E-state index contributed by atoms with van der Waals surface area (Å²) in [7, 11) is -1.46. The molecule has 2 saturated heterocycles. The fourth-order valence-electron chi connectivity index (χ4n) is 5.16. The molecular formula is C24H27N3O5S. The van der Waals surface area contributed by atoms with Gasteiger partial charge in [-0.15, -0.1) is 0 Å². The van der Waals surface area contributed by atoms with Crippen LogP contribution < -0.4 is 0 Å². The van der Waals surface area contributed by atoms with Gasteiger partial charge in [-0.1, -0.05) is 18.2 Å². The molecule has 2 atom stereocenters. The molecule has 0 radical (unpaired) electrons. The summed E-state index contributed by atoms with van der Waals surface area (Å²) in [5, 5.41) is 14.6. The zero-order valence-corrected chi connectivity index (χ0v) is 19.2. The minimum absolute atomic E-state index is 0.00976. The molecular weight excluding hydrogens is 442 g/mol. The summed E-state index contributed by atoms with van der Waals surface area (Å²) < 4.78 is 26.0. The van der Waals surface area contributed by atoms with Gasteiger partial charge in [-0.3, -0.25) is 14.7 Å². The van der Waals surface area contributed by atoms with E-state index >= 15 is 0 Å². The molecule has 2 unspecified atom stereocenters. The van der Waals surface area contributed by atoms with Gasteiger partial charge in [-0.2, -0.15) is 5.10 Å². The van der Waals surface area contributed by atoms with Crippen LogP contribution in [0.4, 0.5) is 0 Å². The Morgan fingerprint density at radius 2 is 1.76 bits per heavy atom. The second kappa shape index (κ2) is 9.44. The van der Waals surface area contributed by atoms with Crippen molar-refractivity contribution < 1.29 is 23.1 Å². The zero-order valence-electron chi connectivity index (χ0n) is 18.3. The molecule has 174 valence electrons. The maximum atomic E-state index is 13.1. The topological polar surface area (TPSA) is 120 Å². The number of carboxylic acid groups (broad SMARTS) is 1. The number of aromatic nitrogens is 2. The molecule has 0 spiro atoms. The van der Waals surface area contributed by atoms with Crippen LogP contribution >= 0.6 is 0 Å². The van der Waals surface area contributed by atoms with Gasteiger partial charge in [0, 0.05) is 23.9 Å². The van der Waals surface area contributed by atoms with Crippen molar-refractivity contribution in [3.05, 3.63) is 54.2 Å². The fraction of sp³-hybridized carbons (Fsp3) is 0.375. The highest BCUT2D eigenvalue weighted by atomic mass is 32.2. The van der Waals surface area contributed by atoms with E-state index < -0.39 is 9.84 Å². The van der Waals surface area contributed by atoms with Gasteiger partial charge in [0.2, 0.25) is 9.84 Å². The van der Waals surface area contributed by atoms with Crippen LogP contribution in [0.2, 0.25) is 0 Å². The molecule has 5 rings (SSSR count). The highest BCUT2D eigenvalue weighted by Crippen LogP contribution is 2.39. The van der Waals surface area contributed by atoms with Crippen LogP contribution in [0.25, 0.3) is 10.9 Å². The van der Waals surface area contributed by atoms with E-state index in [0.717, 1.165) is 12.8 Å². The number of hydrogen-bond acceptors (Lipinski definition) is 6. The maximum Gasteiger partial charge on any atom is 0.290 e. The van der Waals surface area contributed by atoms with E-state index in [-0.39, 0.29) is 22.0 Å². The minimum atomic E-state index is -3.65. The van der Waals surface area contributed by atoms with Crippen molar-refractivity contribution in [2.45, 2.75) is 54.0 Å². The second-order valence-corrected chi connectivity index (χ2v) is 10.7. The summed E-state index contributed by atoms with van der Waals surface area (Å²) in [6, 6.07) is 14.3. The number of H-pyrrole nitrogens is 1. The predicted molar refractivity (Wildman–Crippen MR) is 123 cm³/mol. The van der Waals surface area contributed by atoms with Crippen molar-refractivity contribution in [2.75, 3.05) is 7.05 Å². The number of rotatable bonds is 5. The second-order valence-electron chi connectivity index (χ2n) is 8.72. The number of carbonyl (C=O) groups is 2. The van der Waals surface area contributed by atoms with Gasteiger partial charge in [0.05, 0.1) is 15.3 Å². The average molecular weight is 470 g/mol. The lowest BCUT2D eigenvalue weighted by Gasteiger charge is -2.36. The Hall–Kier alpha value is -3.04. The molecule has 9 heteroatoms. The molecule has 8 nitrogen and oxygen atoms in total. The lowest BCUT2D eigenvalue weighted by Crippen LogP contribution is -2.40. The first kappa shape index (κ1) is 23.1. The van der Waals surface area contributed by atoms with E-state index in [9.17, 15) is 13.2 Å². The number of ketones is 1. The Morgan fingerprint density at radius 3 is 2.39 bits per heavy atom. The standard InChI is InChI=1S/C23H25N3O3S.CH2O2/c1-26-16-7-8-17(26)12-15(11-16)13-22(27)23-20-14-19(9-10-21(20)24-25-23)30(28,29)18-5-3-2-4-6-18;2-1-3/h2-6,9-10,14-17H,7-8,11-13H2,1H3,(H,24,25);1H,(H,2,3). The highest BCUT2D eigenvalue weighted by molar-refractivity contribution is 7.91. The number of aromatic amines is 1. The van der Waals surface area contributed by atoms with E-state index in [1.165, 1.54) is 12.8 Å². The molecule has 3 aromatic rings. The van der Waals surface area contributed by atoms with E-state index in [1.807, 2.05) is 0 Å². The number of fused-ring (bicyclic) bond motifs is 3. The Morgan fingerprint density at radius 1 is 1.12 bits per heavy atom. The van der Waals surface area contributed by atoms with Crippen molar-refractivity contribution in [3.8, 4) is 0 Å². The molecule has 3 heterocycles. The fourth-order valence-corrected chi connectivity index (χ4v) is 6.47. The summed E-state index contributed by atoms with van der Waals surface area (Å²) in [6.45, 7) is -0.250. The molecule has 2 bridgehead atoms. The molecule has 2 fully saturated rings. The van der Waals surface area contributed by atoms with Crippen molar-refractivity contribution in [3.63, 3.8) is 0 Å². The summed E-state index contributed by atoms with van der Waals surface area (Å²) >= 11 is 0. The maximum absolute atomic E-state index is 13.1. The third-order valence-electron chi connectivity index (χ3n) is 6.83. The van der Waals surface area contributed by atoms with Gasteiger partial charge < -0.3 is 10.0 Å². The number of nitrogens with zero attached hydrogens (tertiary/aromatic N) is 2. The van der Waals surface area contributed by atoms with Crippen molar-refractivity contribution in [1.29, 1.82) is 0 Å². The van der Waals surface area contributed by atoms with Crippen molar-refractivity contribution in [2.24, 2.45) is 5.92 Å². The van der Waals surface area contributed by atoms with Crippen molar-refractivity contribution in [1.82, 2.24) is 15.1 Å². The number of benzene rings is 2. The lowest BCUT2D eigenvalue weighted by atomic mass is 9.86. The summed E-state index contributed by atoms with van der Waals surface area (Å²) in [4.78, 5) is 24.3. The van der Waals surface area contributed by atoms with E-state index in [1.54, 1.807) is 48.5 Å². The predicted octanol–water partition coefficient (Wildman–Crippen LogP) is 3.54. The summed E-state index contributed by atoms with van der Waals surface area (Å²) in [6.07, 6.45) is 5.01. The molecule has 0 saturated carbocycles. The number of piperidine rings is 1. The summed E-state index contributed by atoms with van der Waals surface area (Å²) in [5.74, 6) is 0.360. The highest BCUT2D eigenvalue weighted by Gasteiger charge is 2.39. The number of nitrogens with one attached hydrogen (secondary N) is 1. The van der Waals surface area contributed by atoms with Gasteiger partial charge in [0.1, 0.15) is 5.69 Å². The van der Waals surface area contributed by atoms with Crippen LogP contribution in [0.5, 0.6) is 0 Å². The molecule has 0 amide bonds. The zero-order chi connectivity index (χ0) is 23.6. The number of Topliss-reactive ketones (excluding diaryl/α,β-unsaturated/α-hetero) is 1. The van der Waals surface area contributed by atoms with Crippen LogP contribution in [0, 0.1) is 5.92 Å². The Kier molecular flexibility index (Phi) is 6.62. The lowest BCUT2D eigenvalue weighted by molar-refractivity contribution is -0.122. The van der Waals surface area contributed by atoms with E-state index in [4.69, 9.17) is 9.90 Å². The Labute approximate surface area is 192 Å². The van der Waals surface area contributed by atoms with Gasteiger partial charge in [0.25, 0.3) is 6.47 Å². The molecule has 2 aliphatic heterocycles. The first-order valence-electron chi connectivity index (χ1n) is 11.0. The van der Waals surface area contributed by atoms with Gasteiger partial charge in [0.15, 0.2) is 5.78 Å². The van der Waals surface area contributed by atoms with Crippen LogP contribution in [-0.2, 0) is 14.6 Å². The number of hydrogen-bond donors (Lipinski definition) is 2. The number of carbonyl (C=O) groups excluding carboxylic acids is 1. The first-order chi connectivity index (χ1) is 15.8. The van der Waals surface area contributed by atoms with Crippen LogP contribution in [0.1, 0.15) is 42.6 Å². The molecule has 2 aromatic carbocycles. The molecule has 2 N–H and O–H groups in total. The average Bonchev–Trinajstić information content (AvgIpc) is 3.31. The molecule has 1 aromatic heterocycles. The first-order valence-corrected chi connectivity index (χ1v) is 12.4. The molecule has 2 aliphatic rings. The Balaban J connectivity index is 0.000000821.